The smallest absolute Gasteiger partial charge is 0.253 e. The molecule has 0 spiro atoms. The van der Waals surface area contributed by atoms with Crippen molar-refractivity contribution < 1.29 is 13.2 Å². The van der Waals surface area contributed by atoms with Crippen LogP contribution in [0.3, 0.4) is 0 Å². The number of ether oxygens (including phenoxy) is 1. The predicted octanol–water partition coefficient (Wildman–Crippen LogP) is 3.60. The Morgan fingerprint density at radius 3 is 2.52 bits per heavy atom. The normalized spacial score (nSPS) is 15.6. The van der Waals surface area contributed by atoms with Gasteiger partial charge in [-0.15, -0.1) is 0 Å². The van der Waals surface area contributed by atoms with Gasteiger partial charge in [-0.1, -0.05) is 20.8 Å². The molecule has 0 radical (unpaired) electrons. The minimum atomic E-state index is -3.35. The van der Waals surface area contributed by atoms with Crippen LogP contribution < -0.4 is 10.3 Å². The van der Waals surface area contributed by atoms with Crippen molar-refractivity contribution >= 4 is 9.84 Å². The fraction of sp³-hybridized carbons (Fsp3) is 0.476. The van der Waals surface area contributed by atoms with Crippen LogP contribution in [0, 0.1) is 12.3 Å². The van der Waals surface area contributed by atoms with Crippen LogP contribution in [0.2, 0.25) is 0 Å². The summed E-state index contributed by atoms with van der Waals surface area (Å²) < 4.78 is 31.9. The number of aromatic nitrogens is 1. The van der Waals surface area contributed by atoms with Crippen LogP contribution in [0.5, 0.6) is 5.75 Å². The van der Waals surface area contributed by atoms with Crippen LogP contribution in [-0.4, -0.2) is 25.8 Å². The molecule has 0 unspecified atom stereocenters. The van der Waals surface area contributed by atoms with E-state index in [1.54, 1.807) is 25.1 Å². The molecule has 1 aliphatic rings. The molecule has 1 aromatic carbocycles. The minimum absolute atomic E-state index is 0.0203. The molecule has 0 saturated carbocycles. The molecule has 0 amide bonds. The highest BCUT2D eigenvalue weighted by molar-refractivity contribution is 7.90. The van der Waals surface area contributed by atoms with Gasteiger partial charge in [0.2, 0.25) is 0 Å². The molecule has 0 N–H and O–H groups in total. The lowest BCUT2D eigenvalue weighted by Crippen LogP contribution is -2.24. The Morgan fingerprint density at radius 1 is 1.19 bits per heavy atom. The quantitative estimate of drug-likeness (QED) is 0.784. The predicted molar refractivity (Wildman–Crippen MR) is 107 cm³/mol. The average molecular weight is 390 g/mol. The van der Waals surface area contributed by atoms with Gasteiger partial charge in [-0.25, -0.2) is 8.42 Å². The van der Waals surface area contributed by atoms with E-state index in [4.69, 9.17) is 4.74 Å². The van der Waals surface area contributed by atoms with E-state index in [9.17, 15) is 13.2 Å². The number of pyridine rings is 1. The van der Waals surface area contributed by atoms with Crippen molar-refractivity contribution in [3.8, 4) is 16.9 Å². The van der Waals surface area contributed by atoms with Gasteiger partial charge in [0.05, 0.1) is 11.5 Å². The number of hydrogen-bond donors (Lipinski definition) is 0. The molecular weight excluding hydrogens is 362 g/mol. The molecule has 27 heavy (non-hydrogen) atoms. The first kappa shape index (κ1) is 19.7. The standard InChI is InChI=1S/C21H27NO4S/c1-6-9-26-19-8-7-15(27(5,24)25)11-17(19)16-10-14(2)20(23)22-13-21(3,4)12-18(16)22/h7-8,10-11H,6,9,12-13H2,1-5H3. The van der Waals surface area contributed by atoms with Crippen molar-refractivity contribution in [1.82, 2.24) is 4.57 Å². The lowest BCUT2D eigenvalue weighted by molar-refractivity contribution is 0.318. The summed E-state index contributed by atoms with van der Waals surface area (Å²) in [5.41, 5.74) is 3.22. The molecule has 146 valence electrons. The maximum absolute atomic E-state index is 12.7. The number of hydrogen-bond acceptors (Lipinski definition) is 4. The highest BCUT2D eigenvalue weighted by atomic mass is 32.2. The van der Waals surface area contributed by atoms with Gasteiger partial charge in [0, 0.05) is 35.2 Å². The zero-order chi connectivity index (χ0) is 20.0. The van der Waals surface area contributed by atoms with Gasteiger partial charge >= 0.3 is 0 Å². The molecule has 6 heteroatoms. The summed E-state index contributed by atoms with van der Waals surface area (Å²) in [5, 5.41) is 0. The first-order chi connectivity index (χ1) is 12.5. The third-order valence-corrected chi connectivity index (χ3v) is 6.05. The average Bonchev–Trinajstić information content (AvgIpc) is 2.91. The summed E-state index contributed by atoms with van der Waals surface area (Å²) in [4.78, 5) is 12.9. The highest BCUT2D eigenvalue weighted by Gasteiger charge is 2.32. The van der Waals surface area contributed by atoms with E-state index in [-0.39, 0.29) is 15.9 Å². The SMILES string of the molecule is CCCOc1ccc(S(C)(=O)=O)cc1-c1cc(C)c(=O)n2c1CC(C)(C)C2. The number of aryl methyl sites for hydroxylation is 1. The van der Waals surface area contributed by atoms with Crippen LogP contribution >= 0.6 is 0 Å². The lowest BCUT2D eigenvalue weighted by atomic mass is 9.89. The molecule has 0 fully saturated rings. The van der Waals surface area contributed by atoms with Gasteiger partial charge in [-0.2, -0.15) is 0 Å². The summed E-state index contributed by atoms with van der Waals surface area (Å²) in [5.74, 6) is 0.648. The maximum Gasteiger partial charge on any atom is 0.253 e. The molecule has 0 bridgehead atoms. The third-order valence-electron chi connectivity index (χ3n) is 4.94. The Morgan fingerprint density at radius 2 is 1.89 bits per heavy atom. The third kappa shape index (κ3) is 3.81. The second-order valence-electron chi connectivity index (χ2n) is 8.20. The molecule has 3 rings (SSSR count). The second-order valence-corrected chi connectivity index (χ2v) is 10.2. The molecule has 0 saturated heterocycles. The Labute approximate surface area is 160 Å². The molecule has 2 heterocycles. The molecule has 5 nitrogen and oxygen atoms in total. The molecule has 1 aromatic heterocycles. The molecule has 1 aliphatic heterocycles. The van der Waals surface area contributed by atoms with E-state index < -0.39 is 9.84 Å². The van der Waals surface area contributed by atoms with Crippen molar-refractivity contribution in [2.45, 2.75) is 52.0 Å². The van der Waals surface area contributed by atoms with E-state index in [1.165, 1.54) is 6.26 Å². The van der Waals surface area contributed by atoms with Gasteiger partial charge in [0.15, 0.2) is 9.84 Å². The maximum atomic E-state index is 12.7. The Kier molecular flexibility index (Phi) is 4.97. The fourth-order valence-corrected chi connectivity index (χ4v) is 4.31. The van der Waals surface area contributed by atoms with Gasteiger partial charge in [-0.05, 0) is 49.4 Å². The molecule has 0 atom stereocenters. The van der Waals surface area contributed by atoms with Crippen molar-refractivity contribution in [2.75, 3.05) is 12.9 Å². The van der Waals surface area contributed by atoms with Crippen molar-refractivity contribution in [2.24, 2.45) is 5.41 Å². The Hall–Kier alpha value is -2.08. The van der Waals surface area contributed by atoms with Crippen LogP contribution in [0.25, 0.3) is 11.1 Å². The summed E-state index contributed by atoms with van der Waals surface area (Å²) in [7, 11) is -3.35. The van der Waals surface area contributed by atoms with Crippen LogP contribution in [-0.2, 0) is 22.8 Å². The molecule has 0 aliphatic carbocycles. The van der Waals surface area contributed by atoms with Gasteiger partial charge in [-0.3, -0.25) is 4.79 Å². The number of sulfone groups is 1. The summed E-state index contributed by atoms with van der Waals surface area (Å²) in [6, 6.07) is 6.84. The van der Waals surface area contributed by atoms with Gasteiger partial charge < -0.3 is 9.30 Å². The topological polar surface area (TPSA) is 65.4 Å². The lowest BCUT2D eigenvalue weighted by Gasteiger charge is -2.17. The molecular formula is C21H27NO4S. The van der Waals surface area contributed by atoms with Crippen molar-refractivity contribution in [1.29, 1.82) is 0 Å². The van der Waals surface area contributed by atoms with E-state index in [1.807, 2.05) is 17.6 Å². The number of fused-ring (bicyclic) bond motifs is 1. The minimum Gasteiger partial charge on any atom is -0.493 e. The van der Waals surface area contributed by atoms with Gasteiger partial charge in [0.25, 0.3) is 5.56 Å². The largest absolute Gasteiger partial charge is 0.493 e. The second kappa shape index (κ2) is 6.82. The Bertz CT molecular complexity index is 1050. The van der Waals surface area contributed by atoms with Crippen molar-refractivity contribution in [3.63, 3.8) is 0 Å². The summed E-state index contributed by atoms with van der Waals surface area (Å²) in [6.45, 7) is 9.31. The molecule has 2 aromatic rings. The van der Waals surface area contributed by atoms with E-state index in [2.05, 4.69) is 13.8 Å². The first-order valence-electron chi connectivity index (χ1n) is 9.24. The van der Waals surface area contributed by atoms with E-state index in [0.29, 0.717) is 24.5 Å². The zero-order valence-corrected chi connectivity index (χ0v) is 17.4. The monoisotopic (exact) mass is 389 g/mol. The van der Waals surface area contributed by atoms with E-state index >= 15 is 0 Å². The Balaban J connectivity index is 2.29. The van der Waals surface area contributed by atoms with Gasteiger partial charge in [0.1, 0.15) is 5.75 Å². The zero-order valence-electron chi connectivity index (χ0n) is 16.6. The van der Waals surface area contributed by atoms with Crippen LogP contribution in [0.1, 0.15) is 38.4 Å². The number of benzene rings is 1. The van der Waals surface area contributed by atoms with Crippen LogP contribution in [0.4, 0.5) is 0 Å². The highest BCUT2D eigenvalue weighted by Crippen LogP contribution is 2.40. The number of rotatable bonds is 5. The summed E-state index contributed by atoms with van der Waals surface area (Å²) in [6.07, 6.45) is 2.81. The van der Waals surface area contributed by atoms with Crippen molar-refractivity contribution in [3.05, 3.63) is 45.9 Å². The van der Waals surface area contributed by atoms with Crippen LogP contribution in [0.15, 0.2) is 34.0 Å². The number of nitrogens with zero attached hydrogens (tertiary/aromatic N) is 1. The van der Waals surface area contributed by atoms with E-state index in [0.717, 1.165) is 29.7 Å². The first-order valence-corrected chi connectivity index (χ1v) is 11.1. The fourth-order valence-electron chi connectivity index (χ4n) is 3.66. The summed E-state index contributed by atoms with van der Waals surface area (Å²) >= 11 is 0.